The molecule has 4 nitrogen and oxygen atoms in total. The molecule has 1 aliphatic rings. The van der Waals surface area contributed by atoms with Gasteiger partial charge in [0.2, 0.25) is 0 Å². The Bertz CT molecular complexity index is 475. The van der Waals surface area contributed by atoms with Gasteiger partial charge in [-0.25, -0.2) is 4.79 Å². The summed E-state index contributed by atoms with van der Waals surface area (Å²) in [6.45, 7) is 8.72. The van der Waals surface area contributed by atoms with Crippen LogP contribution in [0.5, 0.6) is 0 Å². The Morgan fingerprint density at radius 3 is 2.25 bits per heavy atom. The molecule has 0 bridgehead atoms. The van der Waals surface area contributed by atoms with E-state index in [2.05, 4.69) is 45.0 Å². The first kappa shape index (κ1) is 14.9. The van der Waals surface area contributed by atoms with Gasteiger partial charge in [-0.3, -0.25) is 0 Å². The van der Waals surface area contributed by atoms with Crippen LogP contribution in [0.1, 0.15) is 37.9 Å². The third kappa shape index (κ3) is 3.12. The number of likely N-dealkylation sites (N-methyl/N-ethyl adjacent to an activating group) is 1. The quantitative estimate of drug-likeness (QED) is 0.920. The summed E-state index contributed by atoms with van der Waals surface area (Å²) < 4.78 is 0. The number of rotatable bonds is 3. The number of carbonyl (C=O) groups excluding carboxylic acids is 1. The Balaban J connectivity index is 2.03. The Labute approximate surface area is 121 Å². The maximum atomic E-state index is 11.9. The fourth-order valence-electron chi connectivity index (χ4n) is 2.45. The molecule has 1 aromatic rings. The van der Waals surface area contributed by atoms with E-state index < -0.39 is 0 Å². The Morgan fingerprint density at radius 1 is 1.20 bits per heavy atom. The maximum absolute atomic E-state index is 11.9. The normalized spacial score (nSPS) is 17.8. The fraction of sp³-hybridized carbons (Fsp3) is 0.562. The standard InChI is InChI=1S/C16H25N3O/c1-16(2,3)13-7-5-12(6-8-13)14(17)11-19-10-9-18(4)15(19)20/h5-8,14H,9-11,17H2,1-4H3. The fourth-order valence-corrected chi connectivity index (χ4v) is 2.45. The molecular weight excluding hydrogens is 250 g/mol. The minimum atomic E-state index is -0.125. The van der Waals surface area contributed by atoms with Gasteiger partial charge >= 0.3 is 6.03 Å². The lowest BCUT2D eigenvalue weighted by molar-refractivity contribution is 0.196. The van der Waals surface area contributed by atoms with E-state index in [1.54, 1.807) is 4.90 Å². The molecule has 0 aliphatic carbocycles. The predicted octanol–water partition coefficient (Wildman–Crippen LogP) is 2.35. The van der Waals surface area contributed by atoms with Crippen molar-refractivity contribution in [2.24, 2.45) is 5.73 Å². The van der Waals surface area contributed by atoms with E-state index in [-0.39, 0.29) is 17.5 Å². The third-order valence-corrected chi connectivity index (χ3v) is 3.92. The van der Waals surface area contributed by atoms with Crippen molar-refractivity contribution in [3.8, 4) is 0 Å². The van der Waals surface area contributed by atoms with Crippen LogP contribution in [0.25, 0.3) is 0 Å². The molecule has 2 N–H and O–H groups in total. The zero-order valence-electron chi connectivity index (χ0n) is 12.9. The summed E-state index contributed by atoms with van der Waals surface area (Å²) in [6.07, 6.45) is 0. The third-order valence-electron chi connectivity index (χ3n) is 3.92. The molecule has 0 aromatic heterocycles. The molecule has 20 heavy (non-hydrogen) atoms. The number of carbonyl (C=O) groups is 1. The molecule has 110 valence electrons. The number of benzene rings is 1. The lowest BCUT2D eigenvalue weighted by Crippen LogP contribution is -2.35. The molecule has 2 rings (SSSR count). The van der Waals surface area contributed by atoms with Crippen molar-refractivity contribution in [1.29, 1.82) is 0 Å². The van der Waals surface area contributed by atoms with Crippen molar-refractivity contribution in [2.75, 3.05) is 26.7 Å². The molecule has 0 saturated carbocycles. The summed E-state index contributed by atoms with van der Waals surface area (Å²) in [5.41, 5.74) is 8.76. The minimum Gasteiger partial charge on any atom is -0.326 e. The zero-order valence-corrected chi connectivity index (χ0v) is 12.9. The van der Waals surface area contributed by atoms with Crippen molar-refractivity contribution in [3.05, 3.63) is 35.4 Å². The van der Waals surface area contributed by atoms with Crippen LogP contribution in [0.3, 0.4) is 0 Å². The molecule has 1 saturated heterocycles. The zero-order chi connectivity index (χ0) is 14.9. The van der Waals surface area contributed by atoms with Gasteiger partial charge in [0.15, 0.2) is 0 Å². The SMILES string of the molecule is CN1CCN(CC(N)c2ccc(C(C)(C)C)cc2)C1=O. The molecule has 4 heteroatoms. The highest BCUT2D eigenvalue weighted by molar-refractivity contribution is 5.76. The van der Waals surface area contributed by atoms with Crippen LogP contribution < -0.4 is 5.73 Å². The van der Waals surface area contributed by atoms with E-state index in [4.69, 9.17) is 5.73 Å². The van der Waals surface area contributed by atoms with E-state index in [0.717, 1.165) is 18.7 Å². The molecular formula is C16H25N3O. The first-order valence-electron chi connectivity index (χ1n) is 7.15. The highest BCUT2D eigenvalue weighted by Crippen LogP contribution is 2.24. The number of urea groups is 1. The van der Waals surface area contributed by atoms with E-state index in [1.807, 2.05) is 11.9 Å². The molecule has 0 spiro atoms. The van der Waals surface area contributed by atoms with E-state index >= 15 is 0 Å². The average molecular weight is 275 g/mol. The van der Waals surface area contributed by atoms with Crippen molar-refractivity contribution in [3.63, 3.8) is 0 Å². The topological polar surface area (TPSA) is 49.6 Å². The van der Waals surface area contributed by atoms with Gasteiger partial charge in [0.05, 0.1) is 0 Å². The molecule has 1 aromatic carbocycles. The maximum Gasteiger partial charge on any atom is 0.319 e. The molecule has 1 atom stereocenters. The van der Waals surface area contributed by atoms with Crippen LogP contribution in [-0.4, -0.2) is 42.5 Å². The van der Waals surface area contributed by atoms with Crippen molar-refractivity contribution in [2.45, 2.75) is 32.2 Å². The van der Waals surface area contributed by atoms with Gasteiger partial charge in [0, 0.05) is 32.7 Å². The Morgan fingerprint density at radius 2 is 1.80 bits per heavy atom. The van der Waals surface area contributed by atoms with Gasteiger partial charge in [-0.05, 0) is 16.5 Å². The van der Waals surface area contributed by atoms with Crippen molar-refractivity contribution >= 4 is 6.03 Å². The first-order chi connectivity index (χ1) is 9.29. The number of amides is 2. The van der Waals surface area contributed by atoms with Crippen LogP contribution >= 0.6 is 0 Å². The van der Waals surface area contributed by atoms with Crippen LogP contribution in [0.4, 0.5) is 4.79 Å². The summed E-state index contributed by atoms with van der Waals surface area (Å²) >= 11 is 0. The summed E-state index contributed by atoms with van der Waals surface area (Å²) in [6, 6.07) is 8.37. The van der Waals surface area contributed by atoms with Gasteiger partial charge < -0.3 is 15.5 Å². The molecule has 1 unspecified atom stereocenters. The number of nitrogens with zero attached hydrogens (tertiary/aromatic N) is 2. The predicted molar refractivity (Wildman–Crippen MR) is 81.7 cm³/mol. The number of hydrogen-bond donors (Lipinski definition) is 1. The lowest BCUT2D eigenvalue weighted by Gasteiger charge is -2.23. The van der Waals surface area contributed by atoms with Crippen LogP contribution in [0.15, 0.2) is 24.3 Å². The summed E-state index contributed by atoms with van der Waals surface area (Å²) in [5.74, 6) is 0. The van der Waals surface area contributed by atoms with E-state index in [0.29, 0.717) is 6.54 Å². The van der Waals surface area contributed by atoms with E-state index in [9.17, 15) is 4.79 Å². The summed E-state index contributed by atoms with van der Waals surface area (Å²) in [4.78, 5) is 15.4. The monoisotopic (exact) mass is 275 g/mol. The lowest BCUT2D eigenvalue weighted by atomic mass is 9.86. The van der Waals surface area contributed by atoms with Crippen LogP contribution in [-0.2, 0) is 5.41 Å². The summed E-state index contributed by atoms with van der Waals surface area (Å²) in [7, 11) is 1.83. The van der Waals surface area contributed by atoms with Gasteiger partial charge in [0.25, 0.3) is 0 Å². The van der Waals surface area contributed by atoms with Gasteiger partial charge in [0.1, 0.15) is 0 Å². The van der Waals surface area contributed by atoms with Crippen molar-refractivity contribution < 1.29 is 4.79 Å². The van der Waals surface area contributed by atoms with Gasteiger partial charge in [-0.2, -0.15) is 0 Å². The van der Waals surface area contributed by atoms with Crippen molar-refractivity contribution in [1.82, 2.24) is 9.80 Å². The largest absolute Gasteiger partial charge is 0.326 e. The number of nitrogens with two attached hydrogens (primary N) is 1. The highest BCUT2D eigenvalue weighted by Gasteiger charge is 2.26. The smallest absolute Gasteiger partial charge is 0.319 e. The average Bonchev–Trinajstić information content (AvgIpc) is 2.70. The highest BCUT2D eigenvalue weighted by atomic mass is 16.2. The van der Waals surface area contributed by atoms with Crippen LogP contribution in [0.2, 0.25) is 0 Å². The van der Waals surface area contributed by atoms with Gasteiger partial charge in [-0.1, -0.05) is 45.0 Å². The first-order valence-corrected chi connectivity index (χ1v) is 7.15. The van der Waals surface area contributed by atoms with E-state index in [1.165, 1.54) is 5.56 Å². The second-order valence-corrected chi connectivity index (χ2v) is 6.63. The second kappa shape index (κ2) is 5.44. The Kier molecular flexibility index (Phi) is 4.04. The molecule has 0 radical (unpaired) electrons. The minimum absolute atomic E-state index is 0.0757. The second-order valence-electron chi connectivity index (χ2n) is 6.63. The molecule has 1 fully saturated rings. The molecule has 1 heterocycles. The van der Waals surface area contributed by atoms with Gasteiger partial charge in [-0.15, -0.1) is 0 Å². The molecule has 1 aliphatic heterocycles. The Hall–Kier alpha value is -1.55. The number of hydrogen-bond acceptors (Lipinski definition) is 2. The summed E-state index contributed by atoms with van der Waals surface area (Å²) in [5, 5.41) is 0. The van der Waals surface area contributed by atoms with Crippen LogP contribution in [0, 0.1) is 0 Å². The molecule has 2 amide bonds.